The summed E-state index contributed by atoms with van der Waals surface area (Å²) in [5.41, 5.74) is -5.65. The van der Waals surface area contributed by atoms with Gasteiger partial charge in [0.25, 0.3) is 0 Å². The first-order valence-corrected chi connectivity index (χ1v) is 2.68. The molecule has 8 heteroatoms. The van der Waals surface area contributed by atoms with Crippen molar-refractivity contribution in [3.63, 3.8) is 0 Å². The Morgan fingerprint density at radius 2 is 1.22 bits per heavy atom. The van der Waals surface area contributed by atoms with E-state index in [1.54, 1.807) is 0 Å². The number of halogens is 3. The van der Waals surface area contributed by atoms with Gasteiger partial charge >= 0.3 is 15.6 Å². The second-order valence-corrected chi connectivity index (χ2v) is 2.27. The van der Waals surface area contributed by atoms with Gasteiger partial charge in [-0.2, -0.15) is 21.6 Å². The molecule has 2 radical (unpaired) electrons. The molecule has 0 aliphatic rings. The van der Waals surface area contributed by atoms with E-state index < -0.39 is 15.6 Å². The quantitative estimate of drug-likeness (QED) is 0.461. The van der Waals surface area contributed by atoms with E-state index in [4.69, 9.17) is 13.0 Å². The molecular weight excluding hydrogens is 257 g/mol. The Hall–Kier alpha value is 0.440. The predicted octanol–water partition coefficient (Wildman–Crippen LogP) is 0.264. The van der Waals surface area contributed by atoms with Crippen LogP contribution in [0.25, 0.3) is 0 Å². The molecule has 0 bridgehead atoms. The molecule has 0 aromatic rings. The topological polar surface area (TPSA) is 54.0 Å². The van der Waals surface area contributed by atoms with Crippen LogP contribution in [0.1, 0.15) is 0 Å². The third-order valence-electron chi connectivity index (χ3n) is 0.283. The summed E-state index contributed by atoms with van der Waals surface area (Å²) in [6, 6.07) is 0. The van der Waals surface area contributed by atoms with Crippen molar-refractivity contribution >= 4 is 10.1 Å². The average molecular weight is 257 g/mol. The van der Waals surface area contributed by atoms with Crippen LogP contribution in [0, 0.1) is 0 Å². The maximum atomic E-state index is 10.7. The SMILES string of the molecule is [Ag].[O]S(=O)(=O)C(F)(F)F. The summed E-state index contributed by atoms with van der Waals surface area (Å²) in [5.74, 6) is 0. The van der Waals surface area contributed by atoms with Crippen molar-refractivity contribution in [2.45, 2.75) is 5.51 Å². The molecule has 0 saturated heterocycles. The largest absolute Gasteiger partial charge is 0.525 e. The zero-order chi connectivity index (χ0) is 7.00. The van der Waals surface area contributed by atoms with Crippen LogP contribution in [0.15, 0.2) is 0 Å². The third kappa shape index (κ3) is 3.93. The molecule has 3 nitrogen and oxygen atoms in total. The summed E-state index contributed by atoms with van der Waals surface area (Å²) in [6.45, 7) is 0. The average Bonchev–Trinajstić information content (AvgIpc) is 1.25. The second-order valence-electron chi connectivity index (χ2n) is 0.900. The van der Waals surface area contributed by atoms with Gasteiger partial charge in [0.05, 0.1) is 0 Å². The van der Waals surface area contributed by atoms with Crippen molar-refractivity contribution in [1.82, 2.24) is 0 Å². The van der Waals surface area contributed by atoms with E-state index in [9.17, 15) is 13.2 Å². The van der Waals surface area contributed by atoms with E-state index in [2.05, 4.69) is 0 Å². The van der Waals surface area contributed by atoms with Crippen molar-refractivity contribution in [3.8, 4) is 0 Å². The van der Waals surface area contributed by atoms with Crippen molar-refractivity contribution in [2.24, 2.45) is 0 Å². The number of alkyl halides is 3. The van der Waals surface area contributed by atoms with E-state index >= 15 is 0 Å². The van der Waals surface area contributed by atoms with Gasteiger partial charge in [0, 0.05) is 22.4 Å². The van der Waals surface area contributed by atoms with Crippen LogP contribution in [0.2, 0.25) is 0 Å². The van der Waals surface area contributed by atoms with Crippen LogP contribution in [-0.2, 0) is 37.1 Å². The van der Waals surface area contributed by atoms with Crippen molar-refractivity contribution in [2.75, 3.05) is 0 Å². The molecule has 60 valence electrons. The molecule has 0 heterocycles. The van der Waals surface area contributed by atoms with Crippen LogP contribution in [0.3, 0.4) is 0 Å². The zero-order valence-corrected chi connectivity index (χ0v) is 5.87. The van der Waals surface area contributed by atoms with Crippen molar-refractivity contribution in [3.05, 3.63) is 0 Å². The molecular formula is CAgF3O3S. The Morgan fingerprint density at radius 1 is 1.11 bits per heavy atom. The fourth-order valence-electron chi connectivity index (χ4n) is 0. The predicted molar refractivity (Wildman–Crippen MR) is 15.7 cm³/mol. The van der Waals surface area contributed by atoms with Crippen LogP contribution in [0.5, 0.6) is 0 Å². The van der Waals surface area contributed by atoms with Crippen LogP contribution >= 0.6 is 0 Å². The molecule has 0 aliphatic heterocycles. The van der Waals surface area contributed by atoms with Crippen molar-refractivity contribution in [1.29, 1.82) is 0 Å². The Balaban J connectivity index is 0. The van der Waals surface area contributed by atoms with Crippen LogP contribution in [0.4, 0.5) is 13.2 Å². The summed E-state index contributed by atoms with van der Waals surface area (Å²) in [4.78, 5) is 0. The summed E-state index contributed by atoms with van der Waals surface area (Å²) in [6.07, 6.45) is 0. The zero-order valence-electron chi connectivity index (χ0n) is 3.57. The van der Waals surface area contributed by atoms with Crippen LogP contribution in [-0.4, -0.2) is 13.9 Å². The summed E-state index contributed by atoms with van der Waals surface area (Å²) in [7, 11) is -6.09. The minimum Gasteiger partial charge on any atom is -0.187 e. The molecule has 0 aromatic heterocycles. The van der Waals surface area contributed by atoms with E-state index in [-0.39, 0.29) is 22.4 Å². The maximum Gasteiger partial charge on any atom is 0.525 e. The van der Waals surface area contributed by atoms with E-state index in [0.29, 0.717) is 0 Å². The molecule has 0 spiro atoms. The van der Waals surface area contributed by atoms with E-state index in [0.717, 1.165) is 0 Å². The minimum atomic E-state index is -6.09. The monoisotopic (exact) mass is 256 g/mol. The molecule has 0 atom stereocenters. The molecule has 0 fully saturated rings. The van der Waals surface area contributed by atoms with Crippen LogP contribution < -0.4 is 0 Å². The second kappa shape index (κ2) is 3.02. The summed E-state index contributed by atoms with van der Waals surface area (Å²) in [5, 5.41) is 0. The molecule has 0 aliphatic carbocycles. The first-order chi connectivity index (χ1) is 3.25. The van der Waals surface area contributed by atoms with E-state index in [1.165, 1.54) is 0 Å². The molecule has 9 heavy (non-hydrogen) atoms. The minimum absolute atomic E-state index is 0. The van der Waals surface area contributed by atoms with Gasteiger partial charge < -0.3 is 0 Å². The molecule has 0 N–H and O–H groups in total. The first-order valence-electron chi connectivity index (χ1n) is 1.27. The first kappa shape index (κ1) is 12.1. The van der Waals surface area contributed by atoms with Gasteiger partial charge in [-0.25, -0.2) is 0 Å². The fraction of sp³-hybridized carbons (Fsp3) is 1.00. The third-order valence-corrected chi connectivity index (χ3v) is 0.850. The summed E-state index contributed by atoms with van der Waals surface area (Å²) >= 11 is 0. The van der Waals surface area contributed by atoms with Gasteiger partial charge in [-0.05, 0) is 0 Å². The smallest absolute Gasteiger partial charge is 0.187 e. The number of hydrogen-bond acceptors (Lipinski definition) is 2. The van der Waals surface area contributed by atoms with Crippen molar-refractivity contribution < 1.29 is 48.5 Å². The van der Waals surface area contributed by atoms with Gasteiger partial charge in [0.1, 0.15) is 0 Å². The molecule has 0 rings (SSSR count). The Bertz CT molecular complexity index is 168. The molecule has 0 aromatic carbocycles. The fourth-order valence-corrected chi connectivity index (χ4v) is 0. The maximum absolute atomic E-state index is 10.7. The normalized spacial score (nSPS) is 12.4. The van der Waals surface area contributed by atoms with Gasteiger partial charge in [0.15, 0.2) is 0 Å². The standard InChI is InChI=1S/CF3O3S.Ag/c2-1(3,4)8(5,6)7;. The molecule has 0 amide bonds. The Morgan fingerprint density at radius 3 is 1.22 bits per heavy atom. The van der Waals surface area contributed by atoms with Gasteiger partial charge in [-0.15, -0.1) is 0 Å². The molecule has 0 saturated carbocycles. The number of hydrogen-bond donors (Lipinski definition) is 0. The Labute approximate surface area is 64.5 Å². The van der Waals surface area contributed by atoms with Gasteiger partial charge in [-0.3, -0.25) is 0 Å². The van der Waals surface area contributed by atoms with E-state index in [1.807, 2.05) is 0 Å². The Kier molecular flexibility index (Phi) is 4.08. The van der Waals surface area contributed by atoms with Gasteiger partial charge in [-0.1, -0.05) is 4.55 Å². The molecule has 0 unspecified atom stereocenters. The van der Waals surface area contributed by atoms with Gasteiger partial charge in [0.2, 0.25) is 0 Å². The summed E-state index contributed by atoms with van der Waals surface area (Å²) < 4.78 is 58.9. The number of rotatable bonds is 0.